The Morgan fingerprint density at radius 1 is 1.16 bits per heavy atom. The number of aromatic nitrogens is 2. The maximum atomic E-state index is 13.0. The van der Waals surface area contributed by atoms with E-state index in [1.165, 1.54) is 0 Å². The summed E-state index contributed by atoms with van der Waals surface area (Å²) in [6.07, 6.45) is 0.908. The maximum absolute atomic E-state index is 13.0. The number of ether oxygens (including phenoxy) is 1. The minimum Gasteiger partial charge on any atom is -0.497 e. The Hall–Kier alpha value is -3.19. The maximum Gasteiger partial charge on any atom is 0.254 e. The molecule has 0 N–H and O–H groups in total. The molecular weight excluding hydrogens is 392 g/mol. The molecule has 3 aromatic rings. The van der Waals surface area contributed by atoms with Gasteiger partial charge < -0.3 is 14.2 Å². The van der Waals surface area contributed by atoms with Gasteiger partial charge in [-0.15, -0.1) is 0 Å². The van der Waals surface area contributed by atoms with E-state index >= 15 is 0 Å². The van der Waals surface area contributed by atoms with Gasteiger partial charge in [-0.05, 0) is 44.2 Å². The number of carbonyl (C=O) groups excluding carboxylic acids is 1. The molecule has 7 heteroatoms. The lowest BCUT2D eigenvalue weighted by atomic mass is 9.77. The zero-order chi connectivity index (χ0) is 21.6. The third-order valence-corrected chi connectivity index (χ3v) is 6.51. The van der Waals surface area contributed by atoms with E-state index < -0.39 is 0 Å². The van der Waals surface area contributed by atoms with Crippen molar-refractivity contribution in [1.82, 2.24) is 19.9 Å². The summed E-state index contributed by atoms with van der Waals surface area (Å²) in [5.74, 6) is 2.12. The molecule has 2 aliphatic rings. The van der Waals surface area contributed by atoms with Crippen molar-refractivity contribution in [3.8, 4) is 17.1 Å². The van der Waals surface area contributed by atoms with E-state index in [1.54, 1.807) is 7.11 Å². The van der Waals surface area contributed by atoms with Crippen LogP contribution >= 0.6 is 0 Å². The fourth-order valence-corrected chi connectivity index (χ4v) is 4.93. The molecule has 1 unspecified atom stereocenters. The van der Waals surface area contributed by atoms with Crippen molar-refractivity contribution < 1.29 is 14.1 Å². The van der Waals surface area contributed by atoms with Crippen LogP contribution in [0.5, 0.6) is 5.75 Å². The second-order valence-electron chi connectivity index (χ2n) is 8.80. The van der Waals surface area contributed by atoms with Crippen LogP contribution in [0.2, 0.25) is 0 Å². The van der Waals surface area contributed by atoms with E-state index in [0.29, 0.717) is 11.7 Å². The highest BCUT2D eigenvalue weighted by Crippen LogP contribution is 2.48. The molecule has 0 saturated carbocycles. The summed E-state index contributed by atoms with van der Waals surface area (Å²) < 4.78 is 10.9. The second-order valence-corrected chi connectivity index (χ2v) is 8.80. The fraction of sp³-hybridized carbons (Fsp3) is 0.375. The van der Waals surface area contributed by atoms with Crippen molar-refractivity contribution in [3.05, 3.63) is 65.5 Å². The van der Waals surface area contributed by atoms with Gasteiger partial charge in [0.1, 0.15) is 5.75 Å². The minimum atomic E-state index is 0.0740. The molecule has 1 atom stereocenters. The van der Waals surface area contributed by atoms with Gasteiger partial charge in [-0.1, -0.05) is 35.5 Å². The summed E-state index contributed by atoms with van der Waals surface area (Å²) in [7, 11) is 3.72. The van der Waals surface area contributed by atoms with Gasteiger partial charge in [0.05, 0.1) is 13.2 Å². The number of amides is 1. The predicted octanol–water partition coefficient (Wildman–Crippen LogP) is 3.57. The van der Waals surface area contributed by atoms with E-state index in [1.807, 2.05) is 60.4 Å². The van der Waals surface area contributed by atoms with Crippen LogP contribution in [0.15, 0.2) is 53.1 Å². The molecule has 2 aromatic carbocycles. The van der Waals surface area contributed by atoms with Crippen LogP contribution in [0.1, 0.15) is 34.3 Å². The quantitative estimate of drug-likeness (QED) is 0.645. The van der Waals surface area contributed by atoms with Crippen LogP contribution in [0.25, 0.3) is 11.4 Å². The first-order valence-corrected chi connectivity index (χ1v) is 10.5. The summed E-state index contributed by atoms with van der Waals surface area (Å²) >= 11 is 0. The molecule has 5 rings (SSSR count). The molecule has 0 bridgehead atoms. The first-order chi connectivity index (χ1) is 15.0. The zero-order valence-corrected chi connectivity index (χ0v) is 18.0. The molecule has 0 radical (unpaired) electrons. The number of hydrogen-bond donors (Lipinski definition) is 0. The molecule has 31 heavy (non-hydrogen) atoms. The Kier molecular flexibility index (Phi) is 4.78. The highest BCUT2D eigenvalue weighted by molar-refractivity contribution is 5.96. The lowest BCUT2D eigenvalue weighted by Crippen LogP contribution is -2.59. The third-order valence-electron chi connectivity index (χ3n) is 6.51. The molecule has 3 heterocycles. The summed E-state index contributed by atoms with van der Waals surface area (Å²) in [6.45, 7) is 4.35. The van der Waals surface area contributed by atoms with Gasteiger partial charge in [-0.25, -0.2) is 0 Å². The SMILES string of the molecule is COc1ccc(C(=O)N2CC3(CC(c4nc(-c5ccccc5)no4)N(C)C3)C2)c(C)c1. The Labute approximate surface area is 181 Å². The molecule has 2 aliphatic heterocycles. The van der Waals surface area contributed by atoms with Crippen LogP contribution in [0, 0.1) is 12.3 Å². The number of rotatable bonds is 4. The molecule has 2 fully saturated rings. The van der Waals surface area contributed by atoms with Crippen molar-refractivity contribution in [2.45, 2.75) is 19.4 Å². The Balaban J connectivity index is 1.27. The highest BCUT2D eigenvalue weighted by atomic mass is 16.5. The molecule has 7 nitrogen and oxygen atoms in total. The van der Waals surface area contributed by atoms with Crippen molar-refractivity contribution in [3.63, 3.8) is 0 Å². The number of nitrogens with zero attached hydrogens (tertiary/aromatic N) is 4. The normalized spacial score (nSPS) is 20.1. The minimum absolute atomic E-state index is 0.0740. The standard InChI is InChI=1S/C24H26N4O3/c1-16-11-18(30-3)9-10-19(16)23(29)28-14-24(15-28)12-20(27(2)13-24)22-25-21(26-31-22)17-7-5-4-6-8-17/h4-11,20H,12-15H2,1-3H3. The van der Waals surface area contributed by atoms with E-state index in [9.17, 15) is 4.79 Å². The average Bonchev–Trinajstić information content (AvgIpc) is 3.37. The number of likely N-dealkylation sites (tertiary alicyclic amines) is 2. The Bertz CT molecular complexity index is 1110. The van der Waals surface area contributed by atoms with Gasteiger partial charge in [0.15, 0.2) is 0 Å². The predicted molar refractivity (Wildman–Crippen MR) is 116 cm³/mol. The topological polar surface area (TPSA) is 71.7 Å². The van der Waals surface area contributed by atoms with Gasteiger partial charge in [0.2, 0.25) is 11.7 Å². The smallest absolute Gasteiger partial charge is 0.254 e. The lowest BCUT2D eigenvalue weighted by Gasteiger charge is -2.48. The number of aryl methyl sites for hydroxylation is 1. The second kappa shape index (κ2) is 7.50. The summed E-state index contributed by atoms with van der Waals surface area (Å²) in [5, 5.41) is 4.18. The molecule has 1 aromatic heterocycles. The largest absolute Gasteiger partial charge is 0.497 e. The van der Waals surface area contributed by atoms with Crippen LogP contribution < -0.4 is 4.74 Å². The summed E-state index contributed by atoms with van der Waals surface area (Å²) in [6, 6.07) is 15.5. The van der Waals surface area contributed by atoms with Gasteiger partial charge in [-0.3, -0.25) is 9.69 Å². The molecule has 1 spiro atoms. The Morgan fingerprint density at radius 3 is 2.65 bits per heavy atom. The third kappa shape index (κ3) is 3.49. The van der Waals surface area contributed by atoms with Crippen molar-refractivity contribution in [1.29, 1.82) is 0 Å². The highest BCUT2D eigenvalue weighted by Gasteiger charge is 2.53. The van der Waals surface area contributed by atoms with Crippen LogP contribution in [-0.4, -0.2) is 59.6 Å². The van der Waals surface area contributed by atoms with E-state index in [-0.39, 0.29) is 17.4 Å². The van der Waals surface area contributed by atoms with E-state index in [4.69, 9.17) is 9.26 Å². The monoisotopic (exact) mass is 418 g/mol. The average molecular weight is 418 g/mol. The van der Waals surface area contributed by atoms with Crippen molar-refractivity contribution in [2.75, 3.05) is 33.8 Å². The Morgan fingerprint density at radius 2 is 1.94 bits per heavy atom. The molecular formula is C24H26N4O3. The first-order valence-electron chi connectivity index (χ1n) is 10.5. The van der Waals surface area contributed by atoms with Crippen molar-refractivity contribution >= 4 is 5.91 Å². The number of benzene rings is 2. The molecule has 1 amide bonds. The van der Waals surface area contributed by atoms with Crippen molar-refractivity contribution in [2.24, 2.45) is 5.41 Å². The van der Waals surface area contributed by atoms with E-state index in [2.05, 4.69) is 22.1 Å². The van der Waals surface area contributed by atoms with Gasteiger partial charge in [-0.2, -0.15) is 4.98 Å². The number of methoxy groups -OCH3 is 1. The lowest BCUT2D eigenvalue weighted by molar-refractivity contribution is 0.0114. The number of hydrogen-bond acceptors (Lipinski definition) is 6. The van der Waals surface area contributed by atoms with Gasteiger partial charge >= 0.3 is 0 Å². The van der Waals surface area contributed by atoms with Crippen LogP contribution in [0.4, 0.5) is 0 Å². The van der Waals surface area contributed by atoms with Crippen LogP contribution in [-0.2, 0) is 0 Å². The van der Waals surface area contributed by atoms with Gasteiger partial charge in [0.25, 0.3) is 5.91 Å². The van der Waals surface area contributed by atoms with Crippen LogP contribution in [0.3, 0.4) is 0 Å². The number of carbonyl (C=O) groups is 1. The fourth-order valence-electron chi connectivity index (χ4n) is 4.93. The zero-order valence-electron chi connectivity index (χ0n) is 18.0. The molecule has 0 aliphatic carbocycles. The summed E-state index contributed by atoms with van der Waals surface area (Å²) in [5.41, 5.74) is 2.70. The molecule has 2 saturated heterocycles. The van der Waals surface area contributed by atoms with Gasteiger partial charge in [0, 0.05) is 36.2 Å². The van der Waals surface area contributed by atoms with E-state index in [0.717, 1.165) is 48.5 Å². The summed E-state index contributed by atoms with van der Waals surface area (Å²) in [4.78, 5) is 21.9. The first kappa shape index (κ1) is 19.8. The molecule has 160 valence electrons.